The summed E-state index contributed by atoms with van der Waals surface area (Å²) in [7, 11) is 0. The van der Waals surface area contributed by atoms with Gasteiger partial charge in [0.1, 0.15) is 0 Å². The molecule has 0 saturated heterocycles. The first kappa shape index (κ1) is 14.1. The zero-order chi connectivity index (χ0) is 12.4. The molecule has 0 spiro atoms. The van der Waals surface area contributed by atoms with Gasteiger partial charge in [0.2, 0.25) is 0 Å². The molecule has 0 aromatic heterocycles. The topological polar surface area (TPSA) is 0 Å². The Bertz CT molecular complexity index is 214. The average molecular weight is 349 g/mol. The van der Waals surface area contributed by atoms with Crippen LogP contribution in [0.25, 0.3) is 0 Å². The molecular formula is C16H30I-. The van der Waals surface area contributed by atoms with Gasteiger partial charge in [-0.05, 0) is 0 Å². The second kappa shape index (κ2) is 6.25. The van der Waals surface area contributed by atoms with Crippen LogP contribution >= 0.6 is 0 Å². The number of rotatable bonds is 2. The van der Waals surface area contributed by atoms with Crippen LogP contribution in [0.15, 0.2) is 0 Å². The van der Waals surface area contributed by atoms with Gasteiger partial charge in [-0.3, -0.25) is 0 Å². The molecule has 17 heavy (non-hydrogen) atoms. The van der Waals surface area contributed by atoms with E-state index in [1.807, 2.05) is 0 Å². The molecule has 0 aromatic carbocycles. The number of hydrogen-bond acceptors (Lipinski definition) is 0. The van der Waals surface area contributed by atoms with E-state index in [0.717, 1.165) is 23.7 Å². The molecule has 0 aromatic rings. The van der Waals surface area contributed by atoms with Gasteiger partial charge in [-0.2, -0.15) is 0 Å². The van der Waals surface area contributed by atoms with Crippen LogP contribution in [0, 0.1) is 23.7 Å². The Hall–Kier alpha value is 0.730. The van der Waals surface area contributed by atoms with E-state index in [2.05, 4.69) is 27.7 Å². The van der Waals surface area contributed by atoms with E-state index in [9.17, 15) is 0 Å². The van der Waals surface area contributed by atoms with Crippen molar-refractivity contribution in [2.45, 2.75) is 74.1 Å². The predicted molar refractivity (Wildman–Crippen MR) is 71.9 cm³/mol. The Kier molecular flexibility index (Phi) is 5.20. The molecule has 1 heteroatoms. The van der Waals surface area contributed by atoms with Crippen molar-refractivity contribution < 1.29 is 21.2 Å². The summed E-state index contributed by atoms with van der Waals surface area (Å²) >= 11 is 0.489. The fourth-order valence-corrected chi connectivity index (χ4v) is 8.51. The van der Waals surface area contributed by atoms with E-state index in [0.29, 0.717) is 21.2 Å². The monoisotopic (exact) mass is 349 g/mol. The molecule has 2 fully saturated rings. The molecule has 0 amide bonds. The fraction of sp³-hybridized carbons (Fsp3) is 1.00. The van der Waals surface area contributed by atoms with E-state index in [1.54, 1.807) is 25.7 Å². The molecule has 6 atom stereocenters. The summed E-state index contributed by atoms with van der Waals surface area (Å²) in [5.74, 6) is 4.02. The molecule has 102 valence electrons. The van der Waals surface area contributed by atoms with Gasteiger partial charge in [-0.25, -0.2) is 0 Å². The third-order valence-corrected chi connectivity index (χ3v) is 9.72. The first-order valence-corrected chi connectivity index (χ1v) is 10.2. The van der Waals surface area contributed by atoms with Crippen LogP contribution in [0.3, 0.4) is 0 Å². The summed E-state index contributed by atoms with van der Waals surface area (Å²) in [4.78, 5) is 0. The van der Waals surface area contributed by atoms with Gasteiger partial charge in [-0.1, -0.05) is 0 Å². The van der Waals surface area contributed by atoms with Crippen LogP contribution in [0.5, 0.6) is 0 Å². The first-order chi connectivity index (χ1) is 8.06. The van der Waals surface area contributed by atoms with Crippen molar-refractivity contribution in [3.05, 3.63) is 0 Å². The van der Waals surface area contributed by atoms with Crippen molar-refractivity contribution in [2.75, 3.05) is 0 Å². The van der Waals surface area contributed by atoms with Crippen LogP contribution in [0.4, 0.5) is 0 Å². The van der Waals surface area contributed by atoms with Gasteiger partial charge in [0.05, 0.1) is 0 Å². The molecule has 2 aliphatic carbocycles. The second-order valence-corrected chi connectivity index (χ2v) is 11.1. The number of hydrogen-bond donors (Lipinski definition) is 0. The molecule has 0 nitrogen and oxygen atoms in total. The van der Waals surface area contributed by atoms with Crippen LogP contribution in [-0.4, -0.2) is 7.85 Å². The van der Waals surface area contributed by atoms with Crippen LogP contribution < -0.4 is 21.2 Å². The van der Waals surface area contributed by atoms with Crippen LogP contribution in [-0.2, 0) is 0 Å². The maximum absolute atomic E-state index is 2.49. The van der Waals surface area contributed by atoms with Gasteiger partial charge in [-0.15, -0.1) is 0 Å². The van der Waals surface area contributed by atoms with Crippen molar-refractivity contribution in [1.29, 1.82) is 0 Å². The molecule has 2 rings (SSSR count). The summed E-state index contributed by atoms with van der Waals surface area (Å²) in [5, 5.41) is 0. The average Bonchev–Trinajstić information content (AvgIpc) is 2.29. The van der Waals surface area contributed by atoms with E-state index < -0.39 is 0 Å². The van der Waals surface area contributed by atoms with Crippen molar-refractivity contribution in [2.24, 2.45) is 23.7 Å². The molecule has 0 aliphatic heterocycles. The van der Waals surface area contributed by atoms with Crippen LogP contribution in [0.2, 0.25) is 0 Å². The Morgan fingerprint density at radius 1 is 0.588 bits per heavy atom. The van der Waals surface area contributed by atoms with Crippen molar-refractivity contribution >= 4 is 0 Å². The molecule has 0 bridgehead atoms. The zero-order valence-corrected chi connectivity index (χ0v) is 14.2. The van der Waals surface area contributed by atoms with Gasteiger partial charge in [0.25, 0.3) is 0 Å². The molecule has 2 saturated carbocycles. The number of alkyl halides is 2. The molecule has 0 N–H and O–H groups in total. The fourth-order valence-electron chi connectivity index (χ4n) is 3.44. The Labute approximate surface area is 119 Å². The Morgan fingerprint density at radius 3 is 1.35 bits per heavy atom. The molecule has 6 unspecified atom stereocenters. The summed E-state index contributed by atoms with van der Waals surface area (Å²) in [6.45, 7) is 9.91. The zero-order valence-electron chi connectivity index (χ0n) is 12.1. The SMILES string of the molecule is CC1CCC([I-]C2CCC(C)C(C)C2)CC1C. The molecular weight excluding hydrogens is 319 g/mol. The quantitative estimate of drug-likeness (QED) is 0.526. The van der Waals surface area contributed by atoms with Gasteiger partial charge in [0.15, 0.2) is 0 Å². The Balaban J connectivity index is 1.78. The van der Waals surface area contributed by atoms with E-state index in [4.69, 9.17) is 0 Å². The third kappa shape index (κ3) is 3.84. The van der Waals surface area contributed by atoms with E-state index in [1.165, 1.54) is 20.7 Å². The minimum atomic E-state index is 0.489. The molecule has 0 heterocycles. The Morgan fingerprint density at radius 2 is 1.00 bits per heavy atom. The summed E-state index contributed by atoms with van der Waals surface area (Å²) < 4.78 is 2.34. The summed E-state index contributed by atoms with van der Waals surface area (Å²) in [6.07, 6.45) is 9.30. The standard InChI is InChI=1S/C16H30I/c1-11-5-7-15(9-13(11)3)17-16-8-6-12(2)14(4)10-16/h11-16H,5-10H2,1-4H3/q-1. The molecule has 0 radical (unpaired) electrons. The normalized spacial score (nSPS) is 48.2. The third-order valence-electron chi connectivity index (χ3n) is 5.42. The van der Waals surface area contributed by atoms with Crippen molar-refractivity contribution in [1.82, 2.24) is 0 Å². The predicted octanol–water partition coefficient (Wildman–Crippen LogP) is 1.72. The minimum absolute atomic E-state index is 0.489. The van der Waals surface area contributed by atoms with E-state index >= 15 is 0 Å². The van der Waals surface area contributed by atoms with Crippen molar-refractivity contribution in [3.8, 4) is 0 Å². The van der Waals surface area contributed by atoms with Gasteiger partial charge < -0.3 is 0 Å². The first-order valence-electron chi connectivity index (χ1n) is 7.68. The molecule has 2 aliphatic rings. The summed E-state index contributed by atoms with van der Waals surface area (Å²) in [6, 6.07) is 0. The van der Waals surface area contributed by atoms with Crippen LogP contribution in [0.1, 0.15) is 66.2 Å². The van der Waals surface area contributed by atoms with Gasteiger partial charge in [0, 0.05) is 0 Å². The van der Waals surface area contributed by atoms with E-state index in [-0.39, 0.29) is 0 Å². The number of halogens is 1. The second-order valence-electron chi connectivity index (χ2n) is 6.86. The maximum atomic E-state index is 2.49. The van der Waals surface area contributed by atoms with Crippen molar-refractivity contribution in [3.63, 3.8) is 0 Å². The summed E-state index contributed by atoms with van der Waals surface area (Å²) in [5.41, 5.74) is 0. The van der Waals surface area contributed by atoms with Gasteiger partial charge >= 0.3 is 119 Å².